The van der Waals surface area contributed by atoms with Crippen LogP contribution in [0, 0.1) is 0 Å². The van der Waals surface area contributed by atoms with Crippen molar-refractivity contribution in [2.45, 2.75) is 0 Å². The summed E-state index contributed by atoms with van der Waals surface area (Å²) in [7, 11) is 5.56. The summed E-state index contributed by atoms with van der Waals surface area (Å²) in [6, 6.07) is 8.21. The zero-order chi connectivity index (χ0) is 16.8. The minimum Gasteiger partial charge on any atom is -0.487 e. The second-order valence-corrected chi connectivity index (χ2v) is 6.56. The molecule has 0 fully saturated rings. The Balaban J connectivity index is 2.14. The van der Waals surface area contributed by atoms with Gasteiger partial charge in [-0.2, -0.15) is 4.98 Å². The predicted molar refractivity (Wildman–Crippen MR) is 99.8 cm³/mol. The first-order chi connectivity index (χ1) is 11.6. The first-order valence-electron chi connectivity index (χ1n) is 7.49. The lowest BCUT2D eigenvalue weighted by Gasteiger charge is -2.11. The Hall–Kier alpha value is -2.80. The molecule has 0 spiro atoms. The lowest BCUT2D eigenvalue weighted by Crippen LogP contribution is -2.02. The number of nitrogens with zero attached hydrogens (tertiary/aromatic N) is 3. The van der Waals surface area contributed by atoms with E-state index in [1.54, 1.807) is 18.4 Å². The SMILES string of the molecule is CNc1nc(N)nc2cc(-c3ccc(OC)s3)c3c(ccn3C)c12. The number of rotatable bonds is 3. The third-order valence-electron chi connectivity index (χ3n) is 4.12. The van der Waals surface area contributed by atoms with Crippen LogP contribution >= 0.6 is 11.3 Å². The van der Waals surface area contributed by atoms with Gasteiger partial charge in [-0.15, -0.1) is 0 Å². The van der Waals surface area contributed by atoms with Gasteiger partial charge in [0.1, 0.15) is 5.82 Å². The van der Waals surface area contributed by atoms with Gasteiger partial charge >= 0.3 is 0 Å². The predicted octanol–water partition coefficient (Wildman–Crippen LogP) is 3.48. The standard InChI is InChI=1S/C17H17N5OS/c1-19-16-14-9-6-7-22(2)15(9)10(8-11(14)20-17(18)21-16)12-4-5-13(23-3)24-12/h4-8H,1-3H3,(H3,18,19,20,21). The van der Waals surface area contributed by atoms with E-state index in [1.165, 1.54) is 0 Å². The van der Waals surface area contributed by atoms with E-state index in [0.717, 1.165) is 43.1 Å². The molecule has 3 heterocycles. The van der Waals surface area contributed by atoms with E-state index in [9.17, 15) is 0 Å². The van der Waals surface area contributed by atoms with Crippen molar-refractivity contribution in [1.29, 1.82) is 0 Å². The molecule has 24 heavy (non-hydrogen) atoms. The number of nitrogens with two attached hydrogens (primary N) is 1. The highest BCUT2D eigenvalue weighted by atomic mass is 32.1. The summed E-state index contributed by atoms with van der Waals surface area (Å²) >= 11 is 1.61. The topological polar surface area (TPSA) is 78.0 Å². The van der Waals surface area contributed by atoms with Gasteiger partial charge in [0.05, 0.1) is 23.5 Å². The molecule has 122 valence electrons. The van der Waals surface area contributed by atoms with Crippen LogP contribution in [-0.2, 0) is 7.05 Å². The first kappa shape index (κ1) is 14.8. The van der Waals surface area contributed by atoms with E-state index >= 15 is 0 Å². The number of aromatic nitrogens is 3. The molecule has 0 bridgehead atoms. The summed E-state index contributed by atoms with van der Waals surface area (Å²) in [5, 5.41) is 6.09. The summed E-state index contributed by atoms with van der Waals surface area (Å²) in [5.74, 6) is 1.00. The molecular formula is C17H17N5OS. The maximum atomic E-state index is 5.88. The largest absolute Gasteiger partial charge is 0.487 e. The zero-order valence-electron chi connectivity index (χ0n) is 13.6. The highest BCUT2D eigenvalue weighted by molar-refractivity contribution is 7.17. The normalized spacial score (nSPS) is 11.3. The number of ether oxygens (including phenoxy) is 1. The Labute approximate surface area is 142 Å². The molecule has 0 atom stereocenters. The fourth-order valence-corrected chi connectivity index (χ4v) is 3.92. The second-order valence-electron chi connectivity index (χ2n) is 5.51. The maximum absolute atomic E-state index is 5.88. The number of nitrogens with one attached hydrogen (secondary N) is 1. The summed E-state index contributed by atoms with van der Waals surface area (Å²) < 4.78 is 7.46. The van der Waals surface area contributed by atoms with Gasteiger partial charge in [-0.1, -0.05) is 11.3 Å². The molecule has 6 nitrogen and oxygen atoms in total. The third kappa shape index (κ3) is 2.09. The number of hydrogen-bond acceptors (Lipinski definition) is 6. The van der Waals surface area contributed by atoms with Gasteiger partial charge in [0, 0.05) is 36.1 Å². The Morgan fingerprint density at radius 3 is 2.79 bits per heavy atom. The molecule has 7 heteroatoms. The number of thiophene rings is 1. The van der Waals surface area contributed by atoms with Gasteiger partial charge in [-0.05, 0) is 24.3 Å². The lowest BCUT2D eigenvalue weighted by molar-refractivity contribution is 0.427. The van der Waals surface area contributed by atoms with E-state index in [-0.39, 0.29) is 5.95 Å². The van der Waals surface area contributed by atoms with Crippen LogP contribution in [0.3, 0.4) is 0 Å². The number of nitrogen functional groups attached to an aromatic ring is 1. The zero-order valence-corrected chi connectivity index (χ0v) is 14.4. The lowest BCUT2D eigenvalue weighted by atomic mass is 10.0. The van der Waals surface area contributed by atoms with Crippen molar-refractivity contribution in [1.82, 2.24) is 14.5 Å². The molecule has 0 saturated carbocycles. The molecule has 0 aliphatic heterocycles. The number of methoxy groups -OCH3 is 1. The summed E-state index contributed by atoms with van der Waals surface area (Å²) in [6.45, 7) is 0. The molecule has 3 N–H and O–H groups in total. The van der Waals surface area contributed by atoms with E-state index < -0.39 is 0 Å². The average molecular weight is 339 g/mol. The van der Waals surface area contributed by atoms with Crippen LogP contribution in [0.1, 0.15) is 0 Å². The number of benzene rings is 1. The van der Waals surface area contributed by atoms with Gasteiger partial charge < -0.3 is 20.4 Å². The first-order valence-corrected chi connectivity index (χ1v) is 8.31. The molecule has 0 radical (unpaired) electrons. The number of fused-ring (bicyclic) bond motifs is 3. The summed E-state index contributed by atoms with van der Waals surface area (Å²) in [6.07, 6.45) is 2.05. The maximum Gasteiger partial charge on any atom is 0.222 e. The quantitative estimate of drug-likeness (QED) is 0.597. The molecule has 4 aromatic rings. The molecule has 0 unspecified atom stereocenters. The van der Waals surface area contributed by atoms with Crippen LogP contribution in [0.15, 0.2) is 30.5 Å². The highest BCUT2D eigenvalue weighted by Gasteiger charge is 2.17. The van der Waals surface area contributed by atoms with E-state index in [1.807, 2.05) is 26.4 Å². The van der Waals surface area contributed by atoms with E-state index in [4.69, 9.17) is 10.5 Å². The van der Waals surface area contributed by atoms with Crippen molar-refractivity contribution < 1.29 is 4.74 Å². The molecule has 0 aliphatic carbocycles. The van der Waals surface area contributed by atoms with Crippen molar-refractivity contribution in [2.24, 2.45) is 7.05 Å². The Morgan fingerprint density at radius 1 is 1.25 bits per heavy atom. The minimum atomic E-state index is 0.261. The van der Waals surface area contributed by atoms with Crippen LogP contribution in [0.2, 0.25) is 0 Å². The molecule has 1 aromatic carbocycles. The summed E-state index contributed by atoms with van der Waals surface area (Å²) in [5.41, 5.74) is 8.95. The van der Waals surface area contributed by atoms with Crippen molar-refractivity contribution in [3.05, 3.63) is 30.5 Å². The molecule has 3 aromatic heterocycles. The number of hydrogen-bond donors (Lipinski definition) is 2. The van der Waals surface area contributed by atoms with E-state index in [0.29, 0.717) is 0 Å². The van der Waals surface area contributed by atoms with E-state index in [2.05, 4.69) is 38.1 Å². The highest BCUT2D eigenvalue weighted by Crippen LogP contribution is 2.41. The van der Waals surface area contributed by atoms with Crippen LogP contribution in [0.4, 0.5) is 11.8 Å². The van der Waals surface area contributed by atoms with Gasteiger partial charge in [0.2, 0.25) is 5.95 Å². The van der Waals surface area contributed by atoms with Gasteiger partial charge in [-0.3, -0.25) is 0 Å². The van der Waals surface area contributed by atoms with Crippen molar-refractivity contribution in [3.63, 3.8) is 0 Å². The van der Waals surface area contributed by atoms with Crippen LogP contribution in [0.5, 0.6) is 5.06 Å². The molecule has 0 saturated heterocycles. The molecule has 0 amide bonds. The van der Waals surface area contributed by atoms with Crippen molar-refractivity contribution in [2.75, 3.05) is 25.2 Å². The monoisotopic (exact) mass is 339 g/mol. The third-order valence-corrected chi connectivity index (χ3v) is 5.20. The summed E-state index contributed by atoms with van der Waals surface area (Å²) in [4.78, 5) is 9.90. The van der Waals surface area contributed by atoms with Crippen molar-refractivity contribution in [3.8, 4) is 15.5 Å². The Morgan fingerprint density at radius 2 is 2.08 bits per heavy atom. The number of aryl methyl sites for hydroxylation is 1. The van der Waals surface area contributed by atoms with Crippen molar-refractivity contribution >= 4 is 44.9 Å². The Bertz CT molecular complexity index is 1070. The molecular weight excluding hydrogens is 322 g/mol. The van der Waals surface area contributed by atoms with Crippen LogP contribution < -0.4 is 15.8 Å². The minimum absolute atomic E-state index is 0.261. The number of anilines is 2. The fraction of sp³-hybridized carbons (Fsp3) is 0.176. The van der Waals surface area contributed by atoms with Gasteiger partial charge in [0.15, 0.2) is 5.06 Å². The van der Waals surface area contributed by atoms with Gasteiger partial charge in [0.25, 0.3) is 0 Å². The average Bonchev–Trinajstić information content (AvgIpc) is 3.20. The van der Waals surface area contributed by atoms with Gasteiger partial charge in [-0.25, -0.2) is 4.98 Å². The second kappa shape index (κ2) is 5.38. The molecule has 4 rings (SSSR count). The smallest absolute Gasteiger partial charge is 0.222 e. The fourth-order valence-electron chi connectivity index (χ4n) is 3.08. The van der Waals surface area contributed by atoms with Crippen LogP contribution in [0.25, 0.3) is 32.2 Å². The molecule has 0 aliphatic rings. The Kier molecular flexibility index (Phi) is 3.31. The van der Waals surface area contributed by atoms with Crippen LogP contribution in [-0.4, -0.2) is 28.7 Å².